The van der Waals surface area contributed by atoms with Crippen molar-refractivity contribution in [3.63, 3.8) is 0 Å². The van der Waals surface area contributed by atoms with Crippen molar-refractivity contribution in [2.24, 2.45) is 41.2 Å². The predicted molar refractivity (Wildman–Crippen MR) is 303 cm³/mol. The van der Waals surface area contributed by atoms with E-state index in [4.69, 9.17) is 43.6 Å². The molecule has 0 radical (unpaired) electrons. The van der Waals surface area contributed by atoms with Crippen LogP contribution in [0.2, 0.25) is 0 Å². The summed E-state index contributed by atoms with van der Waals surface area (Å²) in [5.41, 5.74) is 6.62. The number of carbonyl (C=O) groups excluding carboxylic acids is 2. The van der Waals surface area contributed by atoms with E-state index < -0.39 is 108 Å². The van der Waals surface area contributed by atoms with Crippen molar-refractivity contribution < 1.29 is 72.0 Å². The number of alkyl halides is 1. The van der Waals surface area contributed by atoms with Gasteiger partial charge < -0.3 is 64.1 Å². The molecule has 6 N–H and O–H groups in total. The summed E-state index contributed by atoms with van der Waals surface area (Å²) in [5.74, 6) is -3.58. The zero-order valence-corrected chi connectivity index (χ0v) is 51.2. The molecule has 4 saturated heterocycles. The zero-order valence-electron chi connectivity index (χ0n) is 51.2. The number of methoxy groups -OCH3 is 3. The molecule has 1 aromatic carbocycles. The number of benzene rings is 1. The molecule has 21 heteroatoms. The van der Waals surface area contributed by atoms with Gasteiger partial charge in [-0.05, 0) is 95.9 Å². The van der Waals surface area contributed by atoms with Gasteiger partial charge in [0, 0.05) is 102 Å². The van der Waals surface area contributed by atoms with Gasteiger partial charge in [0.25, 0.3) is 0 Å². The maximum atomic E-state index is 15.1. The Bertz CT molecular complexity index is 2570. The van der Waals surface area contributed by atoms with Crippen LogP contribution in [-0.4, -0.2) is 180 Å². The minimum atomic E-state index is -1.17. The first kappa shape index (κ1) is 65.3. The second-order valence-corrected chi connectivity index (χ2v) is 24.9. The number of aromatic nitrogens is 4. The number of nitrogens with zero attached hydrogens (tertiary/aromatic N) is 5. The van der Waals surface area contributed by atoms with E-state index in [2.05, 4.69) is 34.4 Å². The van der Waals surface area contributed by atoms with Crippen molar-refractivity contribution in [1.29, 1.82) is 0 Å². The van der Waals surface area contributed by atoms with Crippen LogP contribution in [-0.2, 0) is 53.9 Å². The minimum absolute atomic E-state index is 0.134. The second-order valence-electron chi connectivity index (χ2n) is 24.9. The summed E-state index contributed by atoms with van der Waals surface area (Å²) in [5, 5.41) is 46.9. The van der Waals surface area contributed by atoms with Crippen LogP contribution >= 0.6 is 0 Å². The molecule has 20 nitrogen and oxygen atoms in total. The smallest absolute Gasteiger partial charge is 0.309 e. The van der Waals surface area contributed by atoms with Crippen molar-refractivity contribution in [3.05, 3.63) is 65.7 Å². The lowest BCUT2D eigenvalue weighted by molar-refractivity contribution is -0.908. The van der Waals surface area contributed by atoms with E-state index in [0.29, 0.717) is 56.7 Å². The Hall–Kier alpha value is -4.26. The van der Waals surface area contributed by atoms with Gasteiger partial charge in [-0.1, -0.05) is 64.1 Å². The third-order valence-electron chi connectivity index (χ3n) is 19.4. The molecule has 0 saturated carbocycles. The average molecular weight is 1160 g/mol. The monoisotopic (exact) mass is 1150 g/mol. The first-order chi connectivity index (χ1) is 38.8. The number of aliphatic hydroxyl groups is 2. The Morgan fingerprint density at radius 3 is 2.27 bits per heavy atom. The lowest BCUT2D eigenvalue weighted by atomic mass is 9.66. The van der Waals surface area contributed by atoms with Crippen LogP contribution in [0.1, 0.15) is 130 Å². The Labute approximate surface area is 485 Å². The summed E-state index contributed by atoms with van der Waals surface area (Å²) < 4.78 is 69.9. The fourth-order valence-corrected chi connectivity index (χ4v) is 14.4. The fourth-order valence-electron chi connectivity index (χ4n) is 14.4. The summed E-state index contributed by atoms with van der Waals surface area (Å²) in [6, 6.07) is 9.84. The molecule has 0 spiro atoms. The summed E-state index contributed by atoms with van der Waals surface area (Å²) in [6.45, 7) is 21.9. The molecule has 6 heterocycles. The number of esters is 2. The van der Waals surface area contributed by atoms with Gasteiger partial charge in [0.15, 0.2) is 6.29 Å². The van der Waals surface area contributed by atoms with Gasteiger partial charge in [-0.3, -0.25) is 14.8 Å². The second kappa shape index (κ2) is 27.4. The molecule has 2 aromatic heterocycles. The molecule has 0 aliphatic carbocycles. The third kappa shape index (κ3) is 13.7. The Morgan fingerprint density at radius 2 is 1.65 bits per heavy atom. The summed E-state index contributed by atoms with van der Waals surface area (Å²) in [6.07, 6.45) is -1.92. The average Bonchev–Trinajstić information content (AvgIpc) is 4.22. The van der Waals surface area contributed by atoms with Crippen molar-refractivity contribution in [2.75, 3.05) is 54.7 Å². The number of hydrogen-bond acceptors (Lipinski definition) is 18. The molecule has 460 valence electrons. The molecule has 4 aliphatic rings. The zero-order chi connectivity index (χ0) is 60.2. The van der Waals surface area contributed by atoms with Crippen LogP contribution in [0.15, 0.2) is 48.8 Å². The quantitative estimate of drug-likeness (QED) is 0.0535. The highest BCUT2D eigenvalue weighted by atomic mass is 19.1. The number of ether oxygens (including phenoxy) is 8. The van der Waals surface area contributed by atoms with E-state index >= 15 is 9.18 Å². The first-order valence-corrected chi connectivity index (χ1v) is 29.6. The summed E-state index contributed by atoms with van der Waals surface area (Å²) >= 11 is 0. The molecule has 0 amide bonds. The maximum Gasteiger partial charge on any atom is 0.309 e. The number of aliphatic hydroxyl groups excluding tert-OH is 2. The van der Waals surface area contributed by atoms with E-state index in [-0.39, 0.29) is 48.7 Å². The highest BCUT2D eigenvalue weighted by Crippen LogP contribution is 2.49. The van der Waals surface area contributed by atoms with Crippen LogP contribution in [0, 0.1) is 42.4 Å². The Kier molecular flexibility index (Phi) is 21.8. The SMILES string of the molecule is CC[C@H]1OC(=O)[C@H](C)[C@@H](C2C[C@@](C)(OC)[C@@H](O)[C@H](C)O2)[C@H](C)[C@@H](O[C@@H]2O[C@H](C)C[C@H](N(C)CCc3cn([C@H](CF)[C@H](OC)c4ccc(-c5ccc(C)[n+](O)c5)cc4)nn3)[C@H]2O)[C@](C)(OC)C[C@@H](C)C(NCCN)[C@H](C)[C@H]2CC(=O)O[C@@]21C. The normalized spacial score (nSPS) is 37.7. The molecular formula is C61H97FN7O13+. The molecular weight excluding hydrogens is 1060 g/mol. The third-order valence-corrected chi connectivity index (χ3v) is 19.4. The topological polar surface area (TPSA) is 245 Å². The van der Waals surface area contributed by atoms with Crippen LogP contribution in [0.4, 0.5) is 4.39 Å². The Morgan fingerprint density at radius 1 is 0.963 bits per heavy atom. The highest BCUT2D eigenvalue weighted by Gasteiger charge is 2.59. The molecule has 4 fully saturated rings. The molecule has 82 heavy (non-hydrogen) atoms. The molecule has 4 aliphatic heterocycles. The first-order valence-electron chi connectivity index (χ1n) is 29.6. The summed E-state index contributed by atoms with van der Waals surface area (Å²) in [7, 11) is 6.68. The lowest BCUT2D eigenvalue weighted by Gasteiger charge is -2.52. The molecule has 2 unspecified atom stereocenters. The summed E-state index contributed by atoms with van der Waals surface area (Å²) in [4.78, 5) is 30.6. The molecule has 0 bridgehead atoms. The number of rotatable bonds is 19. The van der Waals surface area contributed by atoms with Crippen molar-refractivity contribution in [2.45, 2.75) is 205 Å². The van der Waals surface area contributed by atoms with Crippen LogP contribution in [0.3, 0.4) is 0 Å². The molecule has 3 aromatic rings. The predicted octanol–water partition coefficient (Wildman–Crippen LogP) is 5.87. The standard InChI is InChI=1S/C61H97FN7O13/c1-16-49-61(11)45(28-50(70)82-61)37(5)52(64-25-24-63)34(2)29-60(10,77-15)56(38(6)51(39(7)57(73)80-49)48-30-59(9,76-14)55(72)40(8)79-48)81-58-53(71)46(27-36(4)78-58)67(12)26-23-44-33-68(66-65-44)47(31-62)54(75-13)42-21-19-41(20-22-42)43-18-17-35(3)69(74)32-43/h17-22,32-34,36-40,45-49,51-56,58,64,71-72,74H,16,23-31,63H2,1-15H3/q+1/t34-,36-,37-,38+,39-,40+,45-,46+,47-,48?,49-,51+,52?,53-,54-,55+,56-,58+,59-,60-,61+/m1/s1. The maximum absolute atomic E-state index is 15.1. The number of halogens is 1. The van der Waals surface area contributed by atoms with Gasteiger partial charge in [0.05, 0.1) is 59.2 Å². The van der Waals surface area contributed by atoms with Gasteiger partial charge >= 0.3 is 11.9 Å². The number of cyclic esters (lactones) is 1. The minimum Gasteiger partial charge on any atom is -0.458 e. The molecule has 7 rings (SSSR count). The van der Waals surface area contributed by atoms with Crippen LogP contribution < -0.4 is 15.8 Å². The number of carbonyl (C=O) groups is 2. The lowest BCUT2D eigenvalue weighted by Crippen LogP contribution is -2.62. The Balaban J connectivity index is 1.18. The van der Waals surface area contributed by atoms with Gasteiger partial charge in [0.2, 0.25) is 11.9 Å². The number of nitrogens with two attached hydrogens (primary N) is 1. The van der Waals surface area contributed by atoms with Crippen LogP contribution in [0.5, 0.6) is 0 Å². The largest absolute Gasteiger partial charge is 0.458 e. The van der Waals surface area contributed by atoms with E-state index in [0.717, 1.165) is 21.4 Å². The highest BCUT2D eigenvalue weighted by molar-refractivity contribution is 5.75. The number of likely N-dealkylation sites (N-methyl/N-ethyl adjacent to an activating group) is 1. The van der Waals surface area contributed by atoms with Gasteiger partial charge in [-0.15, -0.1) is 5.10 Å². The van der Waals surface area contributed by atoms with E-state index in [1.165, 1.54) is 11.8 Å². The number of aryl methyl sites for hydroxylation is 1. The van der Waals surface area contributed by atoms with Gasteiger partial charge in [-0.2, -0.15) is 0 Å². The van der Waals surface area contributed by atoms with Crippen molar-refractivity contribution >= 4 is 11.9 Å². The fraction of sp³-hybridized carbons (Fsp3) is 0.754. The number of pyridine rings is 1. The number of nitrogens with one attached hydrogen (secondary N) is 1. The molecule has 21 atom stereocenters. The van der Waals surface area contributed by atoms with Gasteiger partial charge in [-0.25, -0.2) is 9.07 Å². The van der Waals surface area contributed by atoms with Gasteiger partial charge in [0.1, 0.15) is 42.7 Å². The number of hydrogen-bond donors (Lipinski definition) is 5. The van der Waals surface area contributed by atoms with E-state index in [1.807, 2.05) is 91.9 Å². The number of fused-ring (bicyclic) bond motifs is 1. The van der Waals surface area contributed by atoms with E-state index in [9.17, 15) is 20.2 Å². The van der Waals surface area contributed by atoms with Crippen molar-refractivity contribution in [3.8, 4) is 11.1 Å². The van der Waals surface area contributed by atoms with Crippen molar-refractivity contribution in [1.82, 2.24) is 25.2 Å². The van der Waals surface area contributed by atoms with E-state index in [1.54, 1.807) is 40.5 Å². The van der Waals surface area contributed by atoms with Crippen LogP contribution in [0.25, 0.3) is 11.1 Å².